The third kappa shape index (κ3) is 3.38. The second-order valence-corrected chi connectivity index (χ2v) is 8.03. The summed E-state index contributed by atoms with van der Waals surface area (Å²) in [6.45, 7) is 7.26. The van der Waals surface area contributed by atoms with Crippen molar-refractivity contribution >= 4 is 5.78 Å². The van der Waals surface area contributed by atoms with Gasteiger partial charge in [0.25, 0.3) is 0 Å². The van der Waals surface area contributed by atoms with Crippen LogP contribution in [0.1, 0.15) is 58.4 Å². The summed E-state index contributed by atoms with van der Waals surface area (Å²) in [6, 6.07) is 10.5. The second kappa shape index (κ2) is 6.76. The topological polar surface area (TPSA) is 26.3 Å². The zero-order chi connectivity index (χ0) is 16.4. The lowest BCUT2D eigenvalue weighted by Gasteiger charge is -2.54. The van der Waals surface area contributed by atoms with Crippen molar-refractivity contribution in [2.45, 2.75) is 65.6 Å². The van der Waals surface area contributed by atoms with Gasteiger partial charge >= 0.3 is 0 Å². The lowest BCUT2D eigenvalue weighted by Crippen LogP contribution is -2.51. The van der Waals surface area contributed by atoms with Crippen LogP contribution < -0.4 is 0 Å². The van der Waals surface area contributed by atoms with Gasteiger partial charge in [-0.25, -0.2) is 0 Å². The summed E-state index contributed by atoms with van der Waals surface area (Å²) >= 11 is 0. The maximum Gasteiger partial charge on any atom is 0.132 e. The fourth-order valence-corrected chi connectivity index (χ4v) is 5.01. The van der Waals surface area contributed by atoms with Gasteiger partial charge in [0, 0.05) is 5.92 Å². The molecule has 0 amide bonds. The first-order valence-corrected chi connectivity index (χ1v) is 9.16. The number of carbonyl (C=O) groups is 1. The highest BCUT2D eigenvalue weighted by molar-refractivity contribution is 5.78. The summed E-state index contributed by atoms with van der Waals surface area (Å²) < 4.78 is 6.40. The Kier molecular flexibility index (Phi) is 4.91. The Hall–Kier alpha value is -1.15. The van der Waals surface area contributed by atoms with Crippen LogP contribution in [0.25, 0.3) is 0 Å². The van der Waals surface area contributed by atoms with E-state index >= 15 is 0 Å². The number of hydrogen-bond donors (Lipinski definition) is 0. The van der Waals surface area contributed by atoms with Gasteiger partial charge < -0.3 is 4.74 Å². The molecule has 3 rings (SSSR count). The molecule has 0 radical (unpaired) electrons. The Labute approximate surface area is 140 Å². The summed E-state index contributed by atoms with van der Waals surface area (Å²) in [7, 11) is 0. The van der Waals surface area contributed by atoms with E-state index in [0.717, 1.165) is 25.7 Å². The largest absolute Gasteiger partial charge is 0.373 e. The first kappa shape index (κ1) is 16.7. The molecule has 2 aliphatic carbocycles. The van der Waals surface area contributed by atoms with E-state index in [0.29, 0.717) is 30.3 Å². The standard InChI is InChI=1S/C21H30O2/c1-15-9-10-20(23-14-17-7-5-4-6-8-17)21(3)12-11-18(16(2)22)13-19(15)21/h4-8,15,18-20H,9-14H2,1-3H3/t15-,18+,19-,20+,21+/m0/s1. The van der Waals surface area contributed by atoms with E-state index in [2.05, 4.69) is 38.1 Å². The molecule has 0 bridgehead atoms. The van der Waals surface area contributed by atoms with Gasteiger partial charge in [0.05, 0.1) is 12.7 Å². The Balaban J connectivity index is 1.71. The SMILES string of the molecule is CC(=O)[C@@H]1CC[C@@]2(C)[C@H](OCc3ccccc3)CC[C@H](C)[C@@H]2C1. The smallest absolute Gasteiger partial charge is 0.132 e. The van der Waals surface area contributed by atoms with Gasteiger partial charge in [-0.1, -0.05) is 44.2 Å². The van der Waals surface area contributed by atoms with E-state index in [9.17, 15) is 4.79 Å². The average molecular weight is 314 g/mol. The zero-order valence-corrected chi connectivity index (χ0v) is 14.8. The maximum absolute atomic E-state index is 11.8. The van der Waals surface area contributed by atoms with Crippen LogP contribution in [0.5, 0.6) is 0 Å². The minimum Gasteiger partial charge on any atom is -0.373 e. The van der Waals surface area contributed by atoms with Gasteiger partial charge in [-0.2, -0.15) is 0 Å². The van der Waals surface area contributed by atoms with Gasteiger partial charge in [0.2, 0.25) is 0 Å². The molecule has 23 heavy (non-hydrogen) atoms. The van der Waals surface area contributed by atoms with E-state index in [1.807, 2.05) is 6.07 Å². The maximum atomic E-state index is 11.8. The summed E-state index contributed by atoms with van der Waals surface area (Å²) in [5.41, 5.74) is 1.49. The molecular formula is C21H30O2. The quantitative estimate of drug-likeness (QED) is 0.780. The van der Waals surface area contributed by atoms with Crippen molar-refractivity contribution in [2.75, 3.05) is 0 Å². The van der Waals surface area contributed by atoms with E-state index in [1.54, 1.807) is 6.92 Å². The van der Waals surface area contributed by atoms with Crippen molar-refractivity contribution in [1.29, 1.82) is 0 Å². The number of rotatable bonds is 4. The number of carbonyl (C=O) groups excluding carboxylic acids is 1. The lowest BCUT2D eigenvalue weighted by molar-refractivity contribution is -0.145. The number of benzene rings is 1. The third-order valence-electron chi connectivity index (χ3n) is 6.59. The van der Waals surface area contributed by atoms with Crippen LogP contribution in [0.2, 0.25) is 0 Å². The Morgan fingerprint density at radius 1 is 1.22 bits per heavy atom. The van der Waals surface area contributed by atoms with Crippen LogP contribution in [0.4, 0.5) is 0 Å². The number of hydrogen-bond acceptors (Lipinski definition) is 2. The molecule has 5 atom stereocenters. The highest BCUT2D eigenvalue weighted by atomic mass is 16.5. The van der Waals surface area contributed by atoms with Crippen LogP contribution in [0.15, 0.2) is 30.3 Å². The molecule has 0 N–H and O–H groups in total. The molecule has 0 saturated heterocycles. The predicted octanol–water partition coefficient (Wildman–Crippen LogP) is 5.01. The molecule has 0 unspecified atom stereocenters. The molecule has 2 fully saturated rings. The Morgan fingerprint density at radius 2 is 1.96 bits per heavy atom. The van der Waals surface area contributed by atoms with Crippen LogP contribution in [0.3, 0.4) is 0 Å². The Bertz CT molecular complexity index is 538. The van der Waals surface area contributed by atoms with Crippen molar-refractivity contribution in [3.05, 3.63) is 35.9 Å². The minimum atomic E-state index is 0.235. The van der Waals surface area contributed by atoms with Crippen molar-refractivity contribution in [3.63, 3.8) is 0 Å². The predicted molar refractivity (Wildman–Crippen MR) is 93.0 cm³/mol. The Morgan fingerprint density at radius 3 is 2.65 bits per heavy atom. The number of Topliss-reactive ketones (excluding diaryl/α,β-unsaturated/α-hetero) is 1. The highest BCUT2D eigenvalue weighted by Gasteiger charge is 2.50. The monoisotopic (exact) mass is 314 g/mol. The van der Waals surface area contributed by atoms with Gasteiger partial charge in [0.1, 0.15) is 5.78 Å². The van der Waals surface area contributed by atoms with Crippen molar-refractivity contribution in [2.24, 2.45) is 23.2 Å². The first-order valence-electron chi connectivity index (χ1n) is 9.16. The van der Waals surface area contributed by atoms with Gasteiger partial charge in [-0.15, -0.1) is 0 Å². The summed E-state index contributed by atoms with van der Waals surface area (Å²) in [5.74, 6) is 1.99. The molecule has 2 saturated carbocycles. The van der Waals surface area contributed by atoms with Crippen molar-refractivity contribution in [3.8, 4) is 0 Å². The zero-order valence-electron chi connectivity index (χ0n) is 14.8. The lowest BCUT2D eigenvalue weighted by atomic mass is 9.53. The molecule has 0 aromatic heterocycles. The highest BCUT2D eigenvalue weighted by Crippen LogP contribution is 2.55. The first-order chi connectivity index (χ1) is 11.0. The van der Waals surface area contributed by atoms with Crippen LogP contribution in [0, 0.1) is 23.2 Å². The number of fused-ring (bicyclic) bond motifs is 1. The molecule has 0 spiro atoms. The van der Waals surface area contributed by atoms with Gasteiger partial charge in [0.15, 0.2) is 0 Å². The molecule has 2 heteroatoms. The average Bonchev–Trinajstić information content (AvgIpc) is 2.55. The van der Waals surface area contributed by atoms with Crippen LogP contribution in [-0.2, 0) is 16.1 Å². The molecular weight excluding hydrogens is 284 g/mol. The molecule has 0 aliphatic heterocycles. The minimum absolute atomic E-state index is 0.235. The summed E-state index contributed by atoms with van der Waals surface area (Å²) in [6.07, 6.45) is 5.96. The van der Waals surface area contributed by atoms with E-state index in [-0.39, 0.29) is 11.3 Å². The summed E-state index contributed by atoms with van der Waals surface area (Å²) in [4.78, 5) is 11.8. The molecule has 1 aromatic rings. The molecule has 2 nitrogen and oxygen atoms in total. The van der Waals surface area contributed by atoms with Crippen molar-refractivity contribution < 1.29 is 9.53 Å². The van der Waals surface area contributed by atoms with E-state index in [1.165, 1.54) is 12.0 Å². The normalized spacial score (nSPS) is 37.2. The van der Waals surface area contributed by atoms with Gasteiger partial charge in [-0.3, -0.25) is 4.79 Å². The fraction of sp³-hybridized carbons (Fsp3) is 0.667. The number of ketones is 1. The molecule has 126 valence electrons. The molecule has 0 heterocycles. The third-order valence-corrected chi connectivity index (χ3v) is 6.59. The van der Waals surface area contributed by atoms with Crippen molar-refractivity contribution in [1.82, 2.24) is 0 Å². The van der Waals surface area contributed by atoms with Crippen LogP contribution >= 0.6 is 0 Å². The molecule has 1 aromatic carbocycles. The molecule has 2 aliphatic rings. The van der Waals surface area contributed by atoms with Crippen LogP contribution in [-0.4, -0.2) is 11.9 Å². The van der Waals surface area contributed by atoms with E-state index < -0.39 is 0 Å². The fourth-order valence-electron chi connectivity index (χ4n) is 5.01. The number of ether oxygens (including phenoxy) is 1. The van der Waals surface area contributed by atoms with E-state index in [4.69, 9.17) is 4.74 Å². The summed E-state index contributed by atoms with van der Waals surface area (Å²) in [5, 5.41) is 0. The van der Waals surface area contributed by atoms with Gasteiger partial charge in [-0.05, 0) is 61.8 Å². The second-order valence-electron chi connectivity index (χ2n) is 8.03.